The van der Waals surface area contributed by atoms with Crippen LogP contribution in [0.15, 0.2) is 0 Å². The fourth-order valence-electron chi connectivity index (χ4n) is 1.55. The Labute approximate surface area is 98.9 Å². The molecule has 2 atom stereocenters. The maximum Gasteiger partial charge on any atom is 0.325 e. The van der Waals surface area contributed by atoms with Crippen molar-refractivity contribution in [2.24, 2.45) is 0 Å². The summed E-state index contributed by atoms with van der Waals surface area (Å²) in [6.45, 7) is 1.97. The summed E-state index contributed by atoms with van der Waals surface area (Å²) in [4.78, 5) is 33.2. The van der Waals surface area contributed by atoms with E-state index in [1.54, 1.807) is 0 Å². The average molecular weight is 243 g/mol. The topological polar surface area (TPSA) is 108 Å². The van der Waals surface area contributed by atoms with Gasteiger partial charge in [0.1, 0.15) is 6.04 Å². The fraction of sp³-hybridized carbons (Fsp3) is 0.700. The summed E-state index contributed by atoms with van der Waals surface area (Å²) in [5, 5.41) is 16.3. The lowest BCUT2D eigenvalue weighted by atomic mass is 10.2. The molecule has 1 aliphatic heterocycles. The molecule has 7 heteroatoms. The van der Waals surface area contributed by atoms with E-state index in [1.165, 1.54) is 6.92 Å². The predicted octanol–water partition coefficient (Wildman–Crippen LogP) is -1.56. The van der Waals surface area contributed by atoms with E-state index in [0.717, 1.165) is 19.4 Å². The van der Waals surface area contributed by atoms with Gasteiger partial charge in [-0.15, -0.1) is 0 Å². The van der Waals surface area contributed by atoms with Crippen LogP contribution in [0, 0.1) is 0 Å². The van der Waals surface area contributed by atoms with Crippen LogP contribution < -0.4 is 16.0 Å². The Bertz CT molecular complexity index is 313. The zero-order valence-corrected chi connectivity index (χ0v) is 9.66. The van der Waals surface area contributed by atoms with Crippen molar-refractivity contribution in [2.45, 2.75) is 31.8 Å². The van der Waals surface area contributed by atoms with Crippen LogP contribution in [-0.4, -0.2) is 48.1 Å². The van der Waals surface area contributed by atoms with Crippen LogP contribution in [0.3, 0.4) is 0 Å². The minimum atomic E-state index is -1.11. The van der Waals surface area contributed by atoms with E-state index >= 15 is 0 Å². The normalized spacial score (nSPS) is 20.6. The van der Waals surface area contributed by atoms with Crippen molar-refractivity contribution in [2.75, 3.05) is 13.1 Å². The third-order valence-corrected chi connectivity index (χ3v) is 2.55. The Balaban J connectivity index is 2.23. The summed E-state index contributed by atoms with van der Waals surface area (Å²) in [6.07, 6.45) is 1.71. The number of nitrogens with one attached hydrogen (secondary N) is 3. The van der Waals surface area contributed by atoms with Crippen molar-refractivity contribution in [1.29, 1.82) is 0 Å². The summed E-state index contributed by atoms with van der Waals surface area (Å²) < 4.78 is 0. The molecule has 1 rings (SSSR count). The second-order valence-electron chi connectivity index (χ2n) is 3.99. The predicted molar refractivity (Wildman–Crippen MR) is 59.3 cm³/mol. The molecule has 4 N–H and O–H groups in total. The number of hydrogen-bond acceptors (Lipinski definition) is 4. The van der Waals surface area contributed by atoms with Crippen molar-refractivity contribution < 1.29 is 19.5 Å². The molecule has 0 aromatic heterocycles. The molecule has 17 heavy (non-hydrogen) atoms. The molecule has 96 valence electrons. The van der Waals surface area contributed by atoms with Gasteiger partial charge in [-0.25, -0.2) is 0 Å². The van der Waals surface area contributed by atoms with Crippen LogP contribution in [0.25, 0.3) is 0 Å². The number of amides is 2. The summed E-state index contributed by atoms with van der Waals surface area (Å²) in [5.74, 6) is -1.84. The van der Waals surface area contributed by atoms with E-state index in [0.29, 0.717) is 0 Å². The highest BCUT2D eigenvalue weighted by atomic mass is 16.4. The van der Waals surface area contributed by atoms with Gasteiger partial charge in [0, 0.05) is 0 Å². The third kappa shape index (κ3) is 4.39. The summed E-state index contributed by atoms with van der Waals surface area (Å²) in [5.41, 5.74) is 0. The molecule has 7 nitrogen and oxygen atoms in total. The van der Waals surface area contributed by atoms with Crippen molar-refractivity contribution in [1.82, 2.24) is 16.0 Å². The minimum Gasteiger partial charge on any atom is -0.480 e. The number of hydrogen-bond donors (Lipinski definition) is 4. The van der Waals surface area contributed by atoms with Gasteiger partial charge >= 0.3 is 5.97 Å². The Morgan fingerprint density at radius 1 is 1.47 bits per heavy atom. The van der Waals surface area contributed by atoms with E-state index in [4.69, 9.17) is 5.11 Å². The number of carboxylic acid groups (broad SMARTS) is 1. The van der Waals surface area contributed by atoms with Gasteiger partial charge in [-0.3, -0.25) is 14.4 Å². The molecular weight excluding hydrogens is 226 g/mol. The molecule has 0 aliphatic carbocycles. The quantitative estimate of drug-likeness (QED) is 0.467. The lowest BCUT2D eigenvalue weighted by Gasteiger charge is -2.12. The fourth-order valence-corrected chi connectivity index (χ4v) is 1.55. The third-order valence-electron chi connectivity index (χ3n) is 2.55. The molecule has 0 saturated carbocycles. The van der Waals surface area contributed by atoms with Crippen molar-refractivity contribution >= 4 is 17.8 Å². The summed E-state index contributed by atoms with van der Waals surface area (Å²) in [7, 11) is 0. The van der Waals surface area contributed by atoms with Crippen LogP contribution in [0.5, 0.6) is 0 Å². The molecule has 0 radical (unpaired) electrons. The van der Waals surface area contributed by atoms with E-state index in [-0.39, 0.29) is 18.5 Å². The van der Waals surface area contributed by atoms with Crippen LogP contribution >= 0.6 is 0 Å². The van der Waals surface area contributed by atoms with Gasteiger partial charge < -0.3 is 21.1 Å². The molecule has 1 heterocycles. The van der Waals surface area contributed by atoms with Crippen molar-refractivity contribution in [3.05, 3.63) is 0 Å². The Kier molecular flexibility index (Phi) is 4.89. The van der Waals surface area contributed by atoms with Gasteiger partial charge in [-0.1, -0.05) is 0 Å². The first-order valence-electron chi connectivity index (χ1n) is 5.54. The highest BCUT2D eigenvalue weighted by molar-refractivity contribution is 5.89. The maximum absolute atomic E-state index is 11.5. The van der Waals surface area contributed by atoms with Gasteiger partial charge in [0.2, 0.25) is 11.8 Å². The highest BCUT2D eigenvalue weighted by Gasteiger charge is 2.22. The van der Waals surface area contributed by atoms with Crippen LogP contribution in [0.2, 0.25) is 0 Å². The second kappa shape index (κ2) is 6.19. The van der Waals surface area contributed by atoms with Crippen LogP contribution in [0.1, 0.15) is 19.8 Å². The first-order valence-corrected chi connectivity index (χ1v) is 5.54. The molecule has 2 amide bonds. The zero-order valence-electron chi connectivity index (χ0n) is 9.66. The lowest BCUT2D eigenvalue weighted by Crippen LogP contribution is -2.47. The molecule has 1 fully saturated rings. The molecular formula is C10H17N3O4. The number of carboxylic acids is 1. The van der Waals surface area contributed by atoms with Crippen LogP contribution in [-0.2, 0) is 14.4 Å². The van der Waals surface area contributed by atoms with Gasteiger partial charge in [-0.2, -0.15) is 0 Å². The zero-order chi connectivity index (χ0) is 12.8. The highest BCUT2D eigenvalue weighted by Crippen LogP contribution is 2.03. The molecule has 0 aromatic rings. The van der Waals surface area contributed by atoms with Gasteiger partial charge in [0.25, 0.3) is 0 Å². The number of rotatable bonds is 5. The van der Waals surface area contributed by atoms with Crippen molar-refractivity contribution in [3.8, 4) is 0 Å². The average Bonchev–Trinajstić information content (AvgIpc) is 2.79. The van der Waals surface area contributed by atoms with E-state index in [9.17, 15) is 14.4 Å². The second-order valence-corrected chi connectivity index (χ2v) is 3.99. The van der Waals surface area contributed by atoms with Crippen LogP contribution in [0.4, 0.5) is 0 Å². The molecule has 0 bridgehead atoms. The largest absolute Gasteiger partial charge is 0.480 e. The van der Waals surface area contributed by atoms with E-state index < -0.39 is 17.9 Å². The number of aliphatic carboxylic acids is 1. The van der Waals surface area contributed by atoms with Gasteiger partial charge in [0.15, 0.2) is 0 Å². The first-order chi connectivity index (χ1) is 8.00. The molecule has 2 unspecified atom stereocenters. The van der Waals surface area contributed by atoms with E-state index in [2.05, 4.69) is 16.0 Å². The molecule has 0 spiro atoms. The minimum absolute atomic E-state index is 0.200. The van der Waals surface area contributed by atoms with Gasteiger partial charge in [0.05, 0.1) is 12.6 Å². The summed E-state index contributed by atoms with van der Waals surface area (Å²) >= 11 is 0. The van der Waals surface area contributed by atoms with Crippen molar-refractivity contribution in [3.63, 3.8) is 0 Å². The molecule has 1 aliphatic rings. The Hall–Kier alpha value is -1.63. The van der Waals surface area contributed by atoms with E-state index in [1.807, 2.05) is 0 Å². The molecule has 0 aromatic carbocycles. The SMILES string of the molecule is CC(NC(=O)CNC(=O)C1CCCN1)C(=O)O. The number of carbonyl (C=O) groups is 3. The monoisotopic (exact) mass is 243 g/mol. The lowest BCUT2D eigenvalue weighted by molar-refractivity contribution is -0.141. The first kappa shape index (κ1) is 13.4. The Morgan fingerprint density at radius 2 is 2.18 bits per heavy atom. The maximum atomic E-state index is 11.5. The summed E-state index contributed by atoms with van der Waals surface area (Å²) in [6, 6.07) is -1.19. The standard InChI is InChI=1S/C10H17N3O4/c1-6(10(16)17)13-8(14)5-12-9(15)7-3-2-4-11-7/h6-7,11H,2-5H2,1H3,(H,12,15)(H,13,14)(H,16,17). The smallest absolute Gasteiger partial charge is 0.325 e. The Morgan fingerprint density at radius 3 is 2.71 bits per heavy atom. The van der Waals surface area contributed by atoms with Gasteiger partial charge in [-0.05, 0) is 26.3 Å². The molecule has 1 saturated heterocycles. The number of carbonyl (C=O) groups excluding carboxylic acids is 2.